The zero-order valence-electron chi connectivity index (χ0n) is 21.0. The molecule has 1 atom stereocenters. The van der Waals surface area contributed by atoms with Crippen LogP contribution in [0.1, 0.15) is 40.8 Å². The quantitative estimate of drug-likeness (QED) is 0.442. The van der Waals surface area contributed by atoms with E-state index < -0.39 is 10.0 Å². The summed E-state index contributed by atoms with van der Waals surface area (Å²) in [6, 6.07) is 20.5. The molecule has 1 unspecified atom stereocenters. The van der Waals surface area contributed by atoms with Crippen LogP contribution < -0.4 is 10.1 Å². The first-order chi connectivity index (χ1) is 16.6. The number of amides is 1. The normalized spacial score (nSPS) is 12.4. The average molecular weight is 495 g/mol. The third kappa shape index (κ3) is 6.71. The molecule has 0 fully saturated rings. The molecule has 0 heterocycles. The third-order valence-electron chi connectivity index (χ3n) is 6.01. The fourth-order valence-electron chi connectivity index (χ4n) is 4.31. The summed E-state index contributed by atoms with van der Waals surface area (Å²) in [6.45, 7) is 7.35. The molecular weight excluding hydrogens is 460 g/mol. The van der Waals surface area contributed by atoms with E-state index in [-0.39, 0.29) is 29.9 Å². The van der Waals surface area contributed by atoms with Gasteiger partial charge >= 0.3 is 0 Å². The van der Waals surface area contributed by atoms with Gasteiger partial charge in [0.25, 0.3) is 0 Å². The summed E-state index contributed by atoms with van der Waals surface area (Å²) in [4.78, 5) is 13.3. The van der Waals surface area contributed by atoms with E-state index in [2.05, 4.69) is 5.32 Å². The van der Waals surface area contributed by atoms with Crippen LogP contribution in [0.2, 0.25) is 0 Å². The lowest BCUT2D eigenvalue weighted by Gasteiger charge is -2.25. The van der Waals surface area contributed by atoms with Crippen molar-refractivity contribution in [1.29, 1.82) is 0 Å². The number of sulfonamides is 1. The molecule has 7 heteroatoms. The molecule has 0 bridgehead atoms. The Morgan fingerprint density at radius 2 is 1.57 bits per heavy atom. The first kappa shape index (κ1) is 26.4. The minimum atomic E-state index is -3.90. The lowest BCUT2D eigenvalue weighted by Crippen LogP contribution is -2.42. The summed E-state index contributed by atoms with van der Waals surface area (Å²) in [5, 5.41) is 2.94. The minimum absolute atomic E-state index is 0.198. The molecule has 0 saturated carbocycles. The summed E-state index contributed by atoms with van der Waals surface area (Å²) in [5.41, 5.74) is 4.28. The molecular formula is C28H34N2O4S. The van der Waals surface area contributed by atoms with Crippen LogP contribution in [0.5, 0.6) is 5.75 Å². The Bertz CT molecular complexity index is 1230. The molecule has 0 spiro atoms. The molecule has 1 amide bonds. The number of carbonyl (C=O) groups excluding carboxylic acids is 1. The van der Waals surface area contributed by atoms with Crippen LogP contribution in [0.15, 0.2) is 71.6 Å². The van der Waals surface area contributed by atoms with Crippen molar-refractivity contribution < 1.29 is 17.9 Å². The fourth-order valence-corrected chi connectivity index (χ4v) is 6.12. The summed E-state index contributed by atoms with van der Waals surface area (Å²) in [6.07, 6.45) is 0.505. The van der Waals surface area contributed by atoms with Crippen LogP contribution in [0.25, 0.3) is 0 Å². The van der Waals surface area contributed by atoms with E-state index in [9.17, 15) is 13.2 Å². The van der Waals surface area contributed by atoms with Crippen LogP contribution in [0, 0.1) is 20.8 Å². The molecule has 0 aliphatic carbocycles. The molecule has 186 valence electrons. The summed E-state index contributed by atoms with van der Waals surface area (Å²) < 4.78 is 34.1. The van der Waals surface area contributed by atoms with Crippen molar-refractivity contribution in [2.24, 2.45) is 0 Å². The fraction of sp³-hybridized carbons (Fsp3) is 0.321. The summed E-state index contributed by atoms with van der Waals surface area (Å²) in [5.74, 6) is 0.377. The van der Waals surface area contributed by atoms with E-state index in [0.717, 1.165) is 22.4 Å². The van der Waals surface area contributed by atoms with Gasteiger partial charge in [-0.05, 0) is 68.5 Å². The third-order valence-corrected chi connectivity index (χ3v) is 8.16. The second-order valence-electron chi connectivity index (χ2n) is 8.86. The first-order valence-electron chi connectivity index (χ1n) is 11.7. The Balaban J connectivity index is 1.84. The van der Waals surface area contributed by atoms with Crippen molar-refractivity contribution >= 4 is 15.9 Å². The maximum absolute atomic E-state index is 13.8. The zero-order valence-corrected chi connectivity index (χ0v) is 21.9. The van der Waals surface area contributed by atoms with E-state index in [1.165, 1.54) is 4.31 Å². The lowest BCUT2D eigenvalue weighted by atomic mass is 10.1. The van der Waals surface area contributed by atoms with Gasteiger partial charge in [-0.3, -0.25) is 4.79 Å². The van der Waals surface area contributed by atoms with Gasteiger partial charge in [0.2, 0.25) is 15.9 Å². The highest BCUT2D eigenvalue weighted by atomic mass is 32.2. The molecule has 3 aromatic carbocycles. The van der Waals surface area contributed by atoms with E-state index >= 15 is 0 Å². The summed E-state index contributed by atoms with van der Waals surface area (Å²) >= 11 is 0. The largest absolute Gasteiger partial charge is 0.497 e. The van der Waals surface area contributed by atoms with Crippen LogP contribution in [0.3, 0.4) is 0 Å². The number of ether oxygens (including phenoxy) is 1. The second-order valence-corrected chi connectivity index (χ2v) is 10.7. The molecule has 1 N–H and O–H groups in total. The predicted octanol–water partition coefficient (Wildman–Crippen LogP) is 4.73. The molecule has 6 nitrogen and oxygen atoms in total. The number of hydrogen-bond donors (Lipinski definition) is 1. The van der Waals surface area contributed by atoms with Crippen molar-refractivity contribution in [1.82, 2.24) is 9.62 Å². The van der Waals surface area contributed by atoms with Gasteiger partial charge in [-0.15, -0.1) is 0 Å². The Labute approximate surface area is 209 Å². The van der Waals surface area contributed by atoms with Crippen LogP contribution >= 0.6 is 0 Å². The first-order valence-corrected chi connectivity index (χ1v) is 13.1. The zero-order chi connectivity index (χ0) is 25.6. The Morgan fingerprint density at radius 1 is 0.971 bits per heavy atom. The minimum Gasteiger partial charge on any atom is -0.497 e. The van der Waals surface area contributed by atoms with Gasteiger partial charge in [-0.1, -0.05) is 60.2 Å². The van der Waals surface area contributed by atoms with Gasteiger partial charge in [0.05, 0.1) is 24.6 Å². The van der Waals surface area contributed by atoms with Crippen LogP contribution in [-0.2, 0) is 21.2 Å². The number of nitrogens with zero attached hydrogens (tertiary/aromatic N) is 1. The lowest BCUT2D eigenvalue weighted by molar-refractivity contribution is -0.121. The van der Waals surface area contributed by atoms with Gasteiger partial charge in [0.15, 0.2) is 0 Å². The van der Waals surface area contributed by atoms with E-state index in [1.54, 1.807) is 21.0 Å². The van der Waals surface area contributed by atoms with E-state index in [4.69, 9.17) is 4.74 Å². The Hall–Kier alpha value is -3.16. The number of nitrogens with one attached hydrogen (secondary N) is 1. The van der Waals surface area contributed by atoms with Crippen LogP contribution in [0.4, 0.5) is 0 Å². The Kier molecular flexibility index (Phi) is 8.70. The maximum Gasteiger partial charge on any atom is 0.244 e. The molecule has 0 aromatic heterocycles. The van der Waals surface area contributed by atoms with Gasteiger partial charge in [-0.2, -0.15) is 4.31 Å². The highest BCUT2D eigenvalue weighted by Gasteiger charge is 2.30. The number of benzene rings is 3. The van der Waals surface area contributed by atoms with Crippen molar-refractivity contribution in [2.45, 2.75) is 45.1 Å². The smallest absolute Gasteiger partial charge is 0.244 e. The molecule has 3 rings (SSSR count). The molecule has 0 radical (unpaired) electrons. The monoisotopic (exact) mass is 494 g/mol. The predicted molar refractivity (Wildman–Crippen MR) is 139 cm³/mol. The van der Waals surface area contributed by atoms with Crippen molar-refractivity contribution in [3.63, 3.8) is 0 Å². The van der Waals surface area contributed by atoms with Crippen molar-refractivity contribution in [3.05, 3.63) is 94.5 Å². The van der Waals surface area contributed by atoms with Crippen molar-refractivity contribution in [2.75, 3.05) is 20.2 Å². The highest BCUT2D eigenvalue weighted by Crippen LogP contribution is 2.26. The maximum atomic E-state index is 13.8. The number of hydrogen-bond acceptors (Lipinski definition) is 4. The number of aryl methyl sites for hydroxylation is 3. The van der Waals surface area contributed by atoms with Crippen molar-refractivity contribution in [3.8, 4) is 5.75 Å². The van der Waals surface area contributed by atoms with Gasteiger partial charge in [0, 0.05) is 6.54 Å². The summed E-state index contributed by atoms with van der Waals surface area (Å²) in [7, 11) is -2.30. The topological polar surface area (TPSA) is 75.7 Å². The van der Waals surface area contributed by atoms with E-state index in [1.807, 2.05) is 80.6 Å². The van der Waals surface area contributed by atoms with E-state index in [0.29, 0.717) is 17.5 Å². The number of methoxy groups -OCH3 is 1. The van der Waals surface area contributed by atoms with Gasteiger partial charge in [-0.25, -0.2) is 8.42 Å². The molecule has 0 aliphatic rings. The molecule has 35 heavy (non-hydrogen) atoms. The molecule has 0 aliphatic heterocycles. The van der Waals surface area contributed by atoms with Crippen LogP contribution in [-0.4, -0.2) is 38.8 Å². The van der Waals surface area contributed by atoms with Gasteiger partial charge < -0.3 is 10.1 Å². The Morgan fingerprint density at radius 3 is 2.14 bits per heavy atom. The second kappa shape index (κ2) is 11.5. The average Bonchev–Trinajstić information content (AvgIpc) is 2.81. The number of rotatable bonds is 10. The van der Waals surface area contributed by atoms with Gasteiger partial charge in [0.1, 0.15) is 5.75 Å². The highest BCUT2D eigenvalue weighted by molar-refractivity contribution is 7.89. The number of carbonyl (C=O) groups is 1. The molecule has 0 saturated heterocycles. The standard InChI is InChI=1S/C28H34N2O4S/c1-20-17-21(2)28(22(3)18-20)35(32,33)30(16-15-24-9-7-6-8-10-24)19-27(31)29-23(4)25-11-13-26(34-5)14-12-25/h6-14,17-18,23H,15-16,19H2,1-5H3,(H,29,31). The molecule has 3 aromatic rings. The SMILES string of the molecule is COc1ccc(C(C)NC(=O)CN(CCc2ccccc2)S(=O)(=O)c2c(C)cc(C)cc2C)cc1.